The first kappa shape index (κ1) is 55.5. The topological polar surface area (TPSA) is 180 Å². The van der Waals surface area contributed by atoms with Crippen LogP contribution in [-0.2, 0) is 9.47 Å². The van der Waals surface area contributed by atoms with Crippen molar-refractivity contribution < 1.29 is 50.3 Å². The van der Waals surface area contributed by atoms with Crippen LogP contribution in [0.4, 0.5) is 0 Å². The molecule has 0 aromatic heterocycles. The molecule has 6 fully saturated rings. The molecular formula is C56H96O10. The predicted molar refractivity (Wildman–Crippen MR) is 263 cm³/mol. The van der Waals surface area contributed by atoms with E-state index in [-0.39, 0.29) is 26.4 Å². The van der Waals surface area contributed by atoms with Gasteiger partial charge in [0.2, 0.25) is 0 Å². The SMILES string of the molecule is C[C@@H](CCCC(C)(C)O)C1CCC2/C(=C/C=C3C[C@@H](O)C(OCCO)[C@H](O)C3)CCCC21C.C[C@@H](CCCC(C)(C)O)C1CCC2/C(=C/C=C3C[C@@H](O)C(OCCO)[C@H](O)C3)CCCC21C. The highest BCUT2D eigenvalue weighted by Gasteiger charge is 2.52. The Labute approximate surface area is 400 Å². The molecule has 0 amide bonds. The Morgan fingerprint density at radius 3 is 1.24 bits per heavy atom. The summed E-state index contributed by atoms with van der Waals surface area (Å²) in [6, 6.07) is 0. The Morgan fingerprint density at radius 2 is 0.924 bits per heavy atom. The minimum absolute atomic E-state index is 0.107. The molecule has 66 heavy (non-hydrogen) atoms. The molecule has 6 aliphatic rings. The Bertz CT molecular complexity index is 1480. The van der Waals surface area contributed by atoms with Crippen molar-refractivity contribution in [3.05, 3.63) is 46.6 Å². The smallest absolute Gasteiger partial charge is 0.110 e. The van der Waals surface area contributed by atoms with E-state index in [9.17, 15) is 30.6 Å². The van der Waals surface area contributed by atoms with Crippen LogP contribution in [0.1, 0.15) is 184 Å². The maximum Gasteiger partial charge on any atom is 0.110 e. The second kappa shape index (κ2) is 24.6. The largest absolute Gasteiger partial charge is 0.394 e. The normalized spacial score (nSPS) is 37.3. The van der Waals surface area contributed by atoms with E-state index in [4.69, 9.17) is 19.7 Å². The molecule has 10 nitrogen and oxygen atoms in total. The van der Waals surface area contributed by atoms with Gasteiger partial charge in [-0.25, -0.2) is 0 Å². The van der Waals surface area contributed by atoms with Crippen LogP contribution in [-0.4, -0.2) is 115 Å². The van der Waals surface area contributed by atoms with Gasteiger partial charge in [0, 0.05) is 0 Å². The summed E-state index contributed by atoms with van der Waals surface area (Å²) in [6.07, 6.45) is 25.5. The Kier molecular flexibility index (Phi) is 20.7. The summed E-state index contributed by atoms with van der Waals surface area (Å²) in [4.78, 5) is 0. The Morgan fingerprint density at radius 1 is 0.576 bits per heavy atom. The minimum atomic E-state index is -0.734. The standard InChI is InChI=1S/2C28H48O5/c2*1-19(7-5-13-27(2,3)32)22-11-12-23-21(8-6-14-28(22,23)4)10-9-20-17-24(30)26(25(31)18-20)33-16-15-29/h2*9-10,19,22-26,29-32H,5-8,11-18H2,1-4H3/b2*20-9?,21-10+/t2*19-,22?,23?,24+,25+,26?,28?/m00/s1. The fourth-order valence-electron chi connectivity index (χ4n) is 14.3. The van der Waals surface area contributed by atoms with Gasteiger partial charge in [-0.1, -0.05) is 100.0 Å². The van der Waals surface area contributed by atoms with Gasteiger partial charge in [0.15, 0.2) is 0 Å². The fraction of sp³-hybridized carbons (Fsp3) is 0.857. The van der Waals surface area contributed by atoms with Crippen molar-refractivity contribution in [2.75, 3.05) is 26.4 Å². The summed E-state index contributed by atoms with van der Waals surface area (Å²) in [5.41, 5.74) is 4.82. The van der Waals surface area contributed by atoms with Crippen LogP contribution in [0, 0.1) is 46.3 Å². The van der Waals surface area contributed by atoms with Crippen LogP contribution < -0.4 is 0 Å². The lowest BCUT2D eigenvalue weighted by Gasteiger charge is -2.44. The summed E-state index contributed by atoms with van der Waals surface area (Å²) in [5, 5.41) is 79.8. The fourth-order valence-corrected chi connectivity index (χ4v) is 14.3. The van der Waals surface area contributed by atoms with Gasteiger partial charge >= 0.3 is 0 Å². The number of hydrogen-bond acceptors (Lipinski definition) is 10. The zero-order valence-electron chi connectivity index (χ0n) is 42.6. The van der Waals surface area contributed by atoms with Crippen LogP contribution in [0.25, 0.3) is 0 Å². The summed E-state index contributed by atoms with van der Waals surface area (Å²) in [7, 11) is 0. The van der Waals surface area contributed by atoms with Gasteiger partial charge in [-0.15, -0.1) is 0 Å². The van der Waals surface area contributed by atoms with Crippen molar-refractivity contribution >= 4 is 0 Å². The van der Waals surface area contributed by atoms with Crippen LogP contribution in [0.5, 0.6) is 0 Å². The molecule has 0 bridgehead atoms. The zero-order valence-corrected chi connectivity index (χ0v) is 42.6. The number of hydrogen-bond donors (Lipinski definition) is 8. The lowest BCUT2D eigenvalue weighted by molar-refractivity contribution is -0.115. The number of aliphatic hydroxyl groups is 8. The first-order chi connectivity index (χ1) is 31.1. The quantitative estimate of drug-likeness (QED) is 0.0661. The van der Waals surface area contributed by atoms with Crippen LogP contribution in [0.15, 0.2) is 46.6 Å². The van der Waals surface area contributed by atoms with Crippen LogP contribution in [0.2, 0.25) is 0 Å². The summed E-state index contributed by atoms with van der Waals surface area (Å²) >= 11 is 0. The van der Waals surface area contributed by atoms with E-state index in [1.54, 1.807) is 11.1 Å². The third-order valence-electron chi connectivity index (χ3n) is 17.6. The van der Waals surface area contributed by atoms with Gasteiger partial charge in [0.1, 0.15) is 12.2 Å². The molecule has 10 heteroatoms. The van der Waals surface area contributed by atoms with E-state index in [0.717, 1.165) is 61.5 Å². The van der Waals surface area contributed by atoms with Gasteiger partial charge in [-0.2, -0.15) is 0 Å². The molecule has 0 aromatic rings. The zero-order chi connectivity index (χ0) is 48.5. The number of allylic oxidation sites excluding steroid dienone is 6. The van der Waals surface area contributed by atoms with E-state index in [2.05, 4.69) is 52.0 Å². The molecule has 0 radical (unpaired) electrons. The molecule has 0 aliphatic heterocycles. The monoisotopic (exact) mass is 929 g/mol. The van der Waals surface area contributed by atoms with Crippen molar-refractivity contribution in [3.63, 3.8) is 0 Å². The average molecular weight is 929 g/mol. The highest BCUT2D eigenvalue weighted by molar-refractivity contribution is 5.28. The molecule has 0 heterocycles. The molecule has 6 aliphatic carbocycles. The van der Waals surface area contributed by atoms with Crippen molar-refractivity contribution in [1.82, 2.24) is 0 Å². The summed E-state index contributed by atoms with van der Waals surface area (Å²) in [5.74, 6) is 4.10. The molecule has 380 valence electrons. The lowest BCUT2D eigenvalue weighted by atomic mass is 9.60. The molecule has 12 atom stereocenters. The van der Waals surface area contributed by atoms with Crippen molar-refractivity contribution in [1.29, 1.82) is 0 Å². The van der Waals surface area contributed by atoms with Gasteiger partial charge in [-0.05, 0) is 177 Å². The molecule has 0 aromatic carbocycles. The Hall–Kier alpha value is -1.44. The van der Waals surface area contributed by atoms with Crippen molar-refractivity contribution in [3.8, 4) is 0 Å². The summed E-state index contributed by atoms with van der Waals surface area (Å²) in [6.45, 7) is 17.6. The summed E-state index contributed by atoms with van der Waals surface area (Å²) < 4.78 is 10.9. The number of ether oxygens (including phenoxy) is 2. The van der Waals surface area contributed by atoms with E-state index in [1.807, 2.05) is 27.7 Å². The first-order valence-electron chi connectivity index (χ1n) is 26.5. The maximum absolute atomic E-state index is 10.4. The van der Waals surface area contributed by atoms with E-state index in [1.165, 1.54) is 64.2 Å². The van der Waals surface area contributed by atoms with Gasteiger partial charge in [0.05, 0.1) is 62.0 Å². The predicted octanol–water partition coefficient (Wildman–Crippen LogP) is 9.05. The lowest BCUT2D eigenvalue weighted by Crippen LogP contribution is -2.44. The van der Waals surface area contributed by atoms with Gasteiger partial charge in [0.25, 0.3) is 0 Å². The highest BCUT2D eigenvalue weighted by atomic mass is 16.5. The van der Waals surface area contributed by atoms with E-state index >= 15 is 0 Å². The maximum atomic E-state index is 10.4. The van der Waals surface area contributed by atoms with Crippen LogP contribution in [0.3, 0.4) is 0 Å². The molecule has 6 unspecified atom stereocenters. The third-order valence-corrected chi connectivity index (χ3v) is 17.6. The molecule has 8 N–H and O–H groups in total. The van der Waals surface area contributed by atoms with Gasteiger partial charge in [-0.3, -0.25) is 0 Å². The third kappa shape index (κ3) is 14.8. The first-order valence-corrected chi connectivity index (χ1v) is 26.5. The molecular weight excluding hydrogens is 833 g/mol. The minimum Gasteiger partial charge on any atom is -0.394 e. The second-order valence-electron chi connectivity index (χ2n) is 23.9. The van der Waals surface area contributed by atoms with Crippen molar-refractivity contribution in [2.45, 2.75) is 232 Å². The number of aliphatic hydroxyl groups excluding tert-OH is 6. The average Bonchev–Trinajstić information content (AvgIpc) is 3.78. The molecule has 6 rings (SSSR count). The Balaban J connectivity index is 0.000000247. The van der Waals surface area contributed by atoms with Gasteiger partial charge < -0.3 is 50.3 Å². The van der Waals surface area contributed by atoms with Crippen LogP contribution >= 0.6 is 0 Å². The molecule has 0 spiro atoms. The number of fused-ring (bicyclic) bond motifs is 2. The second-order valence-corrected chi connectivity index (χ2v) is 23.9. The molecule has 0 saturated heterocycles. The highest BCUT2D eigenvalue weighted by Crippen LogP contribution is 2.61. The van der Waals surface area contributed by atoms with E-state index < -0.39 is 47.8 Å². The number of rotatable bonds is 18. The molecule has 6 saturated carbocycles. The van der Waals surface area contributed by atoms with Crippen molar-refractivity contribution in [2.24, 2.45) is 46.3 Å². The van der Waals surface area contributed by atoms with E-state index in [0.29, 0.717) is 60.2 Å².